The Morgan fingerprint density at radius 2 is 1.56 bits per heavy atom. The molecule has 0 radical (unpaired) electrons. The van der Waals surface area contributed by atoms with E-state index in [1.165, 1.54) is 13.2 Å². The Morgan fingerprint density at radius 3 is 2.26 bits per heavy atom. The van der Waals surface area contributed by atoms with Crippen molar-refractivity contribution in [3.05, 3.63) is 88.4 Å². The molecule has 3 aromatic carbocycles. The van der Waals surface area contributed by atoms with Crippen LogP contribution in [0.1, 0.15) is 28.4 Å². The minimum absolute atomic E-state index is 0.240. The smallest absolute Gasteiger partial charge is 0.343 e. The molecule has 0 spiro atoms. The number of esters is 1. The summed E-state index contributed by atoms with van der Waals surface area (Å²) in [6, 6.07) is 18.4. The van der Waals surface area contributed by atoms with E-state index >= 15 is 0 Å². The molecular weight excluding hydrogens is 458 g/mol. The van der Waals surface area contributed by atoms with Crippen LogP contribution < -0.4 is 20.2 Å². The van der Waals surface area contributed by atoms with Crippen molar-refractivity contribution in [3.8, 4) is 11.5 Å². The van der Waals surface area contributed by atoms with Gasteiger partial charge in [-0.25, -0.2) is 10.2 Å². The molecule has 2 amide bonds. The number of para-hydroxylation sites is 1. The quantitative estimate of drug-likeness (QED) is 0.180. The molecule has 8 nitrogen and oxygen atoms in total. The van der Waals surface area contributed by atoms with Gasteiger partial charge >= 0.3 is 17.8 Å². The van der Waals surface area contributed by atoms with Crippen molar-refractivity contribution >= 4 is 40.8 Å². The van der Waals surface area contributed by atoms with Crippen LogP contribution in [0.25, 0.3) is 0 Å². The second kappa shape index (κ2) is 11.1. The molecule has 0 aromatic heterocycles. The fraction of sp³-hybridized carbons (Fsp3) is 0.120. The van der Waals surface area contributed by atoms with E-state index in [0.717, 1.165) is 5.56 Å². The van der Waals surface area contributed by atoms with Gasteiger partial charge in [-0.1, -0.05) is 41.9 Å². The predicted molar refractivity (Wildman–Crippen MR) is 130 cm³/mol. The number of rotatable bonds is 6. The lowest BCUT2D eigenvalue weighted by atomic mass is 10.1. The zero-order valence-electron chi connectivity index (χ0n) is 18.7. The Kier molecular flexibility index (Phi) is 8.00. The summed E-state index contributed by atoms with van der Waals surface area (Å²) in [5, 5.41) is 6.77. The topological polar surface area (TPSA) is 106 Å². The van der Waals surface area contributed by atoms with Crippen LogP contribution in [0.15, 0.2) is 71.8 Å². The molecule has 0 bridgehead atoms. The fourth-order valence-electron chi connectivity index (χ4n) is 3.01. The van der Waals surface area contributed by atoms with Crippen LogP contribution in [-0.2, 0) is 9.59 Å². The van der Waals surface area contributed by atoms with Crippen molar-refractivity contribution in [2.75, 3.05) is 12.4 Å². The van der Waals surface area contributed by atoms with Gasteiger partial charge in [0.15, 0.2) is 0 Å². The number of ether oxygens (including phenoxy) is 2. The van der Waals surface area contributed by atoms with E-state index in [9.17, 15) is 14.4 Å². The van der Waals surface area contributed by atoms with Crippen molar-refractivity contribution in [2.45, 2.75) is 13.8 Å². The molecule has 0 aliphatic rings. The highest BCUT2D eigenvalue weighted by Crippen LogP contribution is 2.27. The van der Waals surface area contributed by atoms with Crippen molar-refractivity contribution in [1.82, 2.24) is 5.43 Å². The van der Waals surface area contributed by atoms with Gasteiger partial charge in [0.2, 0.25) is 0 Å². The third-order valence-corrected chi connectivity index (χ3v) is 5.02. The second-order valence-electron chi connectivity index (χ2n) is 7.14. The zero-order valence-corrected chi connectivity index (χ0v) is 19.5. The Labute approximate surface area is 201 Å². The molecular formula is C25H22ClN3O5. The molecule has 0 fully saturated rings. The SMILES string of the molecule is COc1ccc(Cl)cc1NC(=O)C(=O)NN=C(C)c1ccccc1OC(=O)c1ccccc1C. The maximum absolute atomic E-state index is 12.6. The summed E-state index contributed by atoms with van der Waals surface area (Å²) >= 11 is 5.94. The molecule has 34 heavy (non-hydrogen) atoms. The molecule has 0 saturated heterocycles. The van der Waals surface area contributed by atoms with Gasteiger partial charge in [0, 0.05) is 10.6 Å². The van der Waals surface area contributed by atoms with E-state index in [4.69, 9.17) is 21.1 Å². The lowest BCUT2D eigenvalue weighted by molar-refractivity contribution is -0.136. The first-order chi connectivity index (χ1) is 16.3. The molecule has 0 heterocycles. The molecule has 174 valence electrons. The van der Waals surface area contributed by atoms with Gasteiger partial charge in [-0.2, -0.15) is 5.10 Å². The first-order valence-corrected chi connectivity index (χ1v) is 10.5. The van der Waals surface area contributed by atoms with Gasteiger partial charge in [-0.15, -0.1) is 0 Å². The van der Waals surface area contributed by atoms with Gasteiger partial charge in [-0.3, -0.25) is 9.59 Å². The number of aryl methyl sites for hydroxylation is 1. The number of nitrogens with one attached hydrogen (secondary N) is 2. The van der Waals surface area contributed by atoms with E-state index in [-0.39, 0.29) is 11.4 Å². The molecule has 0 aliphatic carbocycles. The molecule has 0 saturated carbocycles. The third kappa shape index (κ3) is 5.99. The average Bonchev–Trinajstić information content (AvgIpc) is 2.83. The third-order valence-electron chi connectivity index (χ3n) is 4.79. The predicted octanol–water partition coefficient (Wildman–Crippen LogP) is 4.36. The highest BCUT2D eigenvalue weighted by Gasteiger charge is 2.18. The van der Waals surface area contributed by atoms with Crippen LogP contribution in [0.5, 0.6) is 11.5 Å². The van der Waals surface area contributed by atoms with Crippen LogP contribution in [0, 0.1) is 6.92 Å². The summed E-state index contributed by atoms with van der Waals surface area (Å²) in [5.74, 6) is -1.88. The summed E-state index contributed by atoms with van der Waals surface area (Å²) in [6.07, 6.45) is 0. The fourth-order valence-corrected chi connectivity index (χ4v) is 3.19. The van der Waals surface area contributed by atoms with Crippen molar-refractivity contribution < 1.29 is 23.9 Å². The number of halogens is 1. The van der Waals surface area contributed by atoms with Crippen molar-refractivity contribution in [3.63, 3.8) is 0 Å². The number of hydrogen-bond acceptors (Lipinski definition) is 6. The summed E-state index contributed by atoms with van der Waals surface area (Å²) in [4.78, 5) is 37.2. The van der Waals surface area contributed by atoms with E-state index in [1.54, 1.807) is 55.5 Å². The first kappa shape index (κ1) is 24.5. The number of methoxy groups -OCH3 is 1. The molecule has 3 aromatic rings. The maximum Gasteiger partial charge on any atom is 0.343 e. The minimum Gasteiger partial charge on any atom is -0.495 e. The first-order valence-electron chi connectivity index (χ1n) is 10.2. The van der Waals surface area contributed by atoms with Crippen LogP contribution in [0.2, 0.25) is 5.02 Å². The van der Waals surface area contributed by atoms with Gasteiger partial charge in [0.05, 0.1) is 24.1 Å². The Morgan fingerprint density at radius 1 is 0.882 bits per heavy atom. The van der Waals surface area contributed by atoms with E-state index < -0.39 is 17.8 Å². The molecule has 9 heteroatoms. The highest BCUT2D eigenvalue weighted by atomic mass is 35.5. The standard InChI is InChI=1S/C25H22ClN3O5/c1-15-8-4-5-9-18(15)25(32)34-21-11-7-6-10-19(21)16(2)28-29-24(31)23(30)27-20-14-17(26)12-13-22(20)33-3/h4-14H,1-3H3,(H,27,30)(H,29,31). The molecule has 0 aliphatic heterocycles. The van der Waals surface area contributed by atoms with Gasteiger partial charge in [-0.05, 0) is 55.8 Å². The summed E-state index contributed by atoms with van der Waals surface area (Å²) in [6.45, 7) is 3.42. The number of carbonyl (C=O) groups excluding carboxylic acids is 3. The van der Waals surface area contributed by atoms with E-state index in [2.05, 4.69) is 15.8 Å². The van der Waals surface area contributed by atoms with Gasteiger partial charge < -0.3 is 14.8 Å². The van der Waals surface area contributed by atoms with Crippen molar-refractivity contribution in [2.24, 2.45) is 5.10 Å². The number of amides is 2. The van der Waals surface area contributed by atoms with Crippen LogP contribution in [0.4, 0.5) is 5.69 Å². The summed E-state index contributed by atoms with van der Waals surface area (Å²) in [5.41, 5.74) is 4.46. The van der Waals surface area contributed by atoms with Crippen LogP contribution in [0.3, 0.4) is 0 Å². The normalized spacial score (nSPS) is 10.9. The summed E-state index contributed by atoms with van der Waals surface area (Å²) < 4.78 is 10.7. The zero-order chi connectivity index (χ0) is 24.7. The number of benzene rings is 3. The second-order valence-corrected chi connectivity index (χ2v) is 7.57. The number of hydrogen-bond donors (Lipinski definition) is 2. The average molecular weight is 480 g/mol. The van der Waals surface area contributed by atoms with Crippen LogP contribution >= 0.6 is 11.6 Å². The Hall–Kier alpha value is -4.17. The Bertz CT molecular complexity index is 1270. The van der Waals surface area contributed by atoms with Gasteiger partial charge in [0.25, 0.3) is 0 Å². The lowest BCUT2D eigenvalue weighted by Crippen LogP contribution is -2.33. The molecule has 0 unspecified atom stereocenters. The Balaban J connectivity index is 1.71. The van der Waals surface area contributed by atoms with Crippen LogP contribution in [-0.4, -0.2) is 30.6 Å². The summed E-state index contributed by atoms with van der Waals surface area (Å²) in [7, 11) is 1.43. The lowest BCUT2D eigenvalue weighted by Gasteiger charge is -2.11. The highest BCUT2D eigenvalue weighted by molar-refractivity contribution is 6.40. The molecule has 2 N–H and O–H groups in total. The number of hydrazone groups is 1. The van der Waals surface area contributed by atoms with E-state index in [0.29, 0.717) is 27.6 Å². The van der Waals surface area contributed by atoms with E-state index in [1.807, 2.05) is 19.1 Å². The van der Waals surface area contributed by atoms with Gasteiger partial charge in [0.1, 0.15) is 11.5 Å². The maximum atomic E-state index is 12.6. The minimum atomic E-state index is -1.00. The largest absolute Gasteiger partial charge is 0.495 e. The molecule has 0 atom stereocenters. The van der Waals surface area contributed by atoms with Crippen molar-refractivity contribution in [1.29, 1.82) is 0 Å². The molecule has 3 rings (SSSR count). The number of anilines is 1. The number of nitrogens with zero attached hydrogens (tertiary/aromatic N) is 1. The number of carbonyl (C=O) groups is 3. The monoisotopic (exact) mass is 479 g/mol.